The van der Waals surface area contributed by atoms with Crippen molar-refractivity contribution in [1.29, 1.82) is 0 Å². The van der Waals surface area contributed by atoms with Crippen molar-refractivity contribution in [1.82, 2.24) is 0 Å². The summed E-state index contributed by atoms with van der Waals surface area (Å²) in [6, 6.07) is -0.737. The molecule has 0 saturated heterocycles. The van der Waals surface area contributed by atoms with Gasteiger partial charge in [-0.1, -0.05) is 16.8 Å². The highest BCUT2D eigenvalue weighted by Crippen LogP contribution is 2.21. The summed E-state index contributed by atoms with van der Waals surface area (Å²) in [5.41, 5.74) is 9.05. The maximum Gasteiger partial charge on any atom is 0.0931 e. The highest BCUT2D eigenvalue weighted by molar-refractivity contribution is 5.13. The first-order valence-electron chi connectivity index (χ1n) is 3.73. The fourth-order valence-corrected chi connectivity index (χ4v) is 1.34. The van der Waals surface area contributed by atoms with E-state index in [2.05, 4.69) is 10.0 Å². The molecule has 1 aliphatic rings. The summed E-state index contributed by atoms with van der Waals surface area (Å²) in [7, 11) is 0. The number of nitrogens with zero attached hydrogens (tertiary/aromatic N) is 3. The lowest BCUT2D eigenvalue weighted by molar-refractivity contribution is 0.0692. The number of aliphatic hydroxyl groups is 2. The molecule has 66 valence electrons. The normalized spacial score (nSPS) is 35.2. The lowest BCUT2D eigenvalue weighted by atomic mass is 9.92. The fraction of sp³-hybridized carbons (Fsp3) is 0.714. The maximum absolute atomic E-state index is 9.38. The van der Waals surface area contributed by atoms with E-state index in [1.807, 2.05) is 6.92 Å². The van der Waals surface area contributed by atoms with E-state index < -0.39 is 18.2 Å². The molecule has 0 heterocycles. The molecule has 5 nitrogen and oxygen atoms in total. The standard InChI is InChI=1S/C7H11N3O2/c1-4-2-5(11)7(9-10-8)6(12)3-4/h2,5-7,11-12H,3H2,1H3/t5-,6+,7-/m0/s1. The van der Waals surface area contributed by atoms with Crippen molar-refractivity contribution in [3.05, 3.63) is 22.1 Å². The van der Waals surface area contributed by atoms with Crippen molar-refractivity contribution in [2.75, 3.05) is 0 Å². The second-order valence-corrected chi connectivity index (χ2v) is 2.97. The van der Waals surface area contributed by atoms with Gasteiger partial charge < -0.3 is 10.2 Å². The number of hydrogen-bond acceptors (Lipinski definition) is 3. The molecule has 0 fully saturated rings. The Morgan fingerprint density at radius 1 is 1.67 bits per heavy atom. The van der Waals surface area contributed by atoms with E-state index in [9.17, 15) is 10.2 Å². The molecule has 2 N–H and O–H groups in total. The van der Waals surface area contributed by atoms with Crippen molar-refractivity contribution in [2.24, 2.45) is 5.11 Å². The SMILES string of the molecule is CC1=C[C@H](O)[C@H](N=[N+]=[N-])[C@H](O)C1. The van der Waals surface area contributed by atoms with E-state index in [4.69, 9.17) is 5.53 Å². The van der Waals surface area contributed by atoms with Crippen LogP contribution in [0.2, 0.25) is 0 Å². The molecule has 0 radical (unpaired) electrons. The number of rotatable bonds is 1. The molecular formula is C7H11N3O2. The second-order valence-electron chi connectivity index (χ2n) is 2.97. The van der Waals surface area contributed by atoms with E-state index in [0.29, 0.717) is 6.42 Å². The molecule has 0 aromatic rings. The molecule has 0 aliphatic heterocycles. The lowest BCUT2D eigenvalue weighted by Gasteiger charge is -2.26. The zero-order chi connectivity index (χ0) is 9.14. The van der Waals surface area contributed by atoms with Gasteiger partial charge in [0.25, 0.3) is 0 Å². The van der Waals surface area contributed by atoms with Crippen LogP contribution in [0.4, 0.5) is 0 Å². The highest BCUT2D eigenvalue weighted by atomic mass is 16.3. The summed E-state index contributed by atoms with van der Waals surface area (Å²) in [6.07, 6.45) is 0.442. The molecule has 0 aromatic carbocycles. The second kappa shape index (κ2) is 3.58. The maximum atomic E-state index is 9.38. The molecule has 12 heavy (non-hydrogen) atoms. The van der Waals surface area contributed by atoms with Crippen molar-refractivity contribution < 1.29 is 10.2 Å². The van der Waals surface area contributed by atoms with Gasteiger partial charge in [0.1, 0.15) is 0 Å². The van der Waals surface area contributed by atoms with Gasteiger partial charge in [-0.05, 0) is 18.9 Å². The topological polar surface area (TPSA) is 89.2 Å². The van der Waals surface area contributed by atoms with Gasteiger partial charge in [0.15, 0.2) is 0 Å². The average molecular weight is 169 g/mol. The van der Waals surface area contributed by atoms with Crippen LogP contribution in [0.5, 0.6) is 0 Å². The van der Waals surface area contributed by atoms with Gasteiger partial charge in [-0.2, -0.15) is 0 Å². The van der Waals surface area contributed by atoms with Crippen molar-refractivity contribution in [3.63, 3.8) is 0 Å². The van der Waals surface area contributed by atoms with Crippen molar-refractivity contribution >= 4 is 0 Å². The molecule has 5 heteroatoms. The Balaban J connectivity index is 2.82. The van der Waals surface area contributed by atoms with Crippen LogP contribution in [0.25, 0.3) is 10.4 Å². The van der Waals surface area contributed by atoms with Gasteiger partial charge in [0.05, 0.1) is 18.2 Å². The average Bonchev–Trinajstić information content (AvgIpc) is 1.96. The lowest BCUT2D eigenvalue weighted by Crippen LogP contribution is -2.37. The van der Waals surface area contributed by atoms with E-state index >= 15 is 0 Å². The van der Waals surface area contributed by atoms with Crippen LogP contribution in [0.15, 0.2) is 16.8 Å². The zero-order valence-electron chi connectivity index (χ0n) is 6.75. The highest BCUT2D eigenvalue weighted by Gasteiger charge is 2.28. The smallest absolute Gasteiger partial charge is 0.0931 e. The Morgan fingerprint density at radius 2 is 2.33 bits per heavy atom. The van der Waals surface area contributed by atoms with Crippen LogP contribution >= 0.6 is 0 Å². The van der Waals surface area contributed by atoms with Gasteiger partial charge in [0.2, 0.25) is 0 Å². The van der Waals surface area contributed by atoms with Crippen LogP contribution in [0.3, 0.4) is 0 Å². The fourth-order valence-electron chi connectivity index (χ4n) is 1.34. The third-order valence-corrected chi connectivity index (χ3v) is 1.92. The Labute approximate surface area is 70.0 Å². The summed E-state index contributed by atoms with van der Waals surface area (Å²) < 4.78 is 0. The van der Waals surface area contributed by atoms with Crippen LogP contribution in [-0.2, 0) is 0 Å². The van der Waals surface area contributed by atoms with Gasteiger partial charge in [-0.3, -0.25) is 0 Å². The third-order valence-electron chi connectivity index (χ3n) is 1.92. The zero-order valence-corrected chi connectivity index (χ0v) is 6.75. The molecule has 0 spiro atoms. The molecule has 0 saturated carbocycles. The summed E-state index contributed by atoms with van der Waals surface area (Å²) in [5.74, 6) is 0. The first-order valence-corrected chi connectivity index (χ1v) is 3.73. The number of aliphatic hydroxyl groups excluding tert-OH is 2. The Bertz CT molecular complexity index is 245. The summed E-state index contributed by atoms with van der Waals surface area (Å²) in [4.78, 5) is 2.56. The van der Waals surface area contributed by atoms with Crippen molar-refractivity contribution in [3.8, 4) is 0 Å². The first kappa shape index (κ1) is 9.06. The molecule has 0 aromatic heterocycles. The molecule has 0 amide bonds. The van der Waals surface area contributed by atoms with Crippen LogP contribution in [0, 0.1) is 0 Å². The largest absolute Gasteiger partial charge is 0.392 e. The minimum Gasteiger partial charge on any atom is -0.392 e. The van der Waals surface area contributed by atoms with Crippen molar-refractivity contribution in [2.45, 2.75) is 31.6 Å². The van der Waals surface area contributed by atoms with E-state index in [1.54, 1.807) is 6.08 Å². The molecule has 1 rings (SSSR count). The summed E-state index contributed by atoms with van der Waals surface area (Å²) >= 11 is 0. The minimum atomic E-state index is -0.857. The Morgan fingerprint density at radius 3 is 2.83 bits per heavy atom. The number of azide groups is 1. The Kier molecular flexibility index (Phi) is 2.70. The monoisotopic (exact) mass is 169 g/mol. The molecule has 3 atom stereocenters. The van der Waals surface area contributed by atoms with Crippen LogP contribution in [-0.4, -0.2) is 28.5 Å². The Hall–Kier alpha value is -1.03. The predicted molar refractivity (Wildman–Crippen MR) is 43.3 cm³/mol. The molecule has 1 aliphatic carbocycles. The number of hydrogen-bond donors (Lipinski definition) is 2. The molecule has 0 unspecified atom stereocenters. The minimum absolute atomic E-state index is 0.459. The van der Waals surface area contributed by atoms with Gasteiger partial charge >= 0.3 is 0 Å². The van der Waals surface area contributed by atoms with Gasteiger partial charge in [0, 0.05) is 4.91 Å². The van der Waals surface area contributed by atoms with Crippen LogP contribution < -0.4 is 0 Å². The van der Waals surface area contributed by atoms with E-state index in [1.165, 1.54) is 0 Å². The van der Waals surface area contributed by atoms with Gasteiger partial charge in [-0.25, -0.2) is 0 Å². The van der Waals surface area contributed by atoms with Gasteiger partial charge in [-0.15, -0.1) is 0 Å². The molecule has 0 bridgehead atoms. The quantitative estimate of drug-likeness (QED) is 0.262. The summed E-state index contributed by atoms with van der Waals surface area (Å²) in [6.45, 7) is 1.82. The third kappa shape index (κ3) is 1.76. The van der Waals surface area contributed by atoms with E-state index in [-0.39, 0.29) is 0 Å². The van der Waals surface area contributed by atoms with Crippen LogP contribution in [0.1, 0.15) is 13.3 Å². The first-order chi connectivity index (χ1) is 5.65. The van der Waals surface area contributed by atoms with E-state index in [0.717, 1.165) is 5.57 Å². The predicted octanol–water partition coefficient (Wildman–Crippen LogP) is 0.737. The molecular weight excluding hydrogens is 158 g/mol. The summed E-state index contributed by atoms with van der Waals surface area (Å²) in [5, 5.41) is 22.0.